The van der Waals surface area contributed by atoms with Gasteiger partial charge >= 0.3 is 0 Å². The van der Waals surface area contributed by atoms with Gasteiger partial charge < -0.3 is 23.5 Å². The summed E-state index contributed by atoms with van der Waals surface area (Å²) < 4.78 is 37.8. The summed E-state index contributed by atoms with van der Waals surface area (Å²) in [6, 6.07) is 10.0. The number of benzene rings is 2. The van der Waals surface area contributed by atoms with Gasteiger partial charge in [-0.15, -0.1) is 11.3 Å². The number of methoxy groups -OCH3 is 3. The van der Waals surface area contributed by atoms with Gasteiger partial charge in [0.15, 0.2) is 16.3 Å². The van der Waals surface area contributed by atoms with Gasteiger partial charge in [0, 0.05) is 30.7 Å². The molecule has 178 valence electrons. The molecular formula is C25H31FN2O4S. The summed E-state index contributed by atoms with van der Waals surface area (Å²) in [6.07, 6.45) is 3.02. The van der Waals surface area contributed by atoms with Crippen LogP contribution in [0.15, 0.2) is 46.8 Å². The van der Waals surface area contributed by atoms with Gasteiger partial charge in [0.05, 0.1) is 32.7 Å². The van der Waals surface area contributed by atoms with E-state index in [9.17, 15) is 4.39 Å². The fourth-order valence-corrected chi connectivity index (χ4v) is 4.35. The first-order chi connectivity index (χ1) is 16.1. The Bertz CT molecular complexity index is 1070. The lowest BCUT2D eigenvalue weighted by molar-refractivity contribution is 0.126. The molecule has 3 aromatic rings. The summed E-state index contributed by atoms with van der Waals surface area (Å²) in [7, 11) is 4.79. The lowest BCUT2D eigenvalue weighted by atomic mass is 10.1. The molecule has 1 heterocycles. The number of halogens is 1. The predicted octanol–water partition coefficient (Wildman–Crippen LogP) is 5.82. The first-order valence-electron chi connectivity index (χ1n) is 11.0. The van der Waals surface area contributed by atoms with E-state index in [1.165, 1.54) is 23.5 Å². The summed E-state index contributed by atoms with van der Waals surface area (Å²) in [4.78, 5) is 5.58. The molecule has 0 aliphatic carbocycles. The molecule has 0 aliphatic heterocycles. The van der Waals surface area contributed by atoms with Gasteiger partial charge in [0.1, 0.15) is 5.82 Å². The molecule has 0 spiro atoms. The summed E-state index contributed by atoms with van der Waals surface area (Å²) in [5.74, 6) is 1.44. The smallest absolute Gasteiger partial charge is 0.203 e. The van der Waals surface area contributed by atoms with Crippen LogP contribution in [0.4, 0.5) is 10.1 Å². The van der Waals surface area contributed by atoms with E-state index in [-0.39, 0.29) is 5.82 Å². The van der Waals surface area contributed by atoms with Crippen molar-refractivity contribution in [3.63, 3.8) is 0 Å². The van der Waals surface area contributed by atoms with Crippen LogP contribution in [0.2, 0.25) is 0 Å². The maximum atomic E-state index is 13.3. The van der Waals surface area contributed by atoms with Gasteiger partial charge in [-0.2, -0.15) is 0 Å². The standard InChI is InChI=1S/C25H31FN2O4S/c1-5-6-13-32-14-7-12-28-21(17-33-25(28)27-20-10-8-19(26)9-11-20)18-15-22(29-2)24(31-4)23(16-18)30-3/h8-11,15-17H,5-7,12-14H2,1-4H3. The number of unbranched alkanes of at least 4 members (excludes halogenated alkanes) is 1. The van der Waals surface area contributed by atoms with Gasteiger partial charge in [0.25, 0.3) is 0 Å². The maximum absolute atomic E-state index is 13.3. The summed E-state index contributed by atoms with van der Waals surface area (Å²) in [5.41, 5.74) is 2.60. The molecule has 0 aliphatic rings. The SMILES string of the molecule is CCCCOCCCn1c(-c2cc(OC)c(OC)c(OC)c2)csc1=Nc1ccc(F)cc1. The van der Waals surface area contributed by atoms with Crippen molar-refractivity contribution in [1.82, 2.24) is 4.57 Å². The predicted molar refractivity (Wildman–Crippen MR) is 129 cm³/mol. The minimum Gasteiger partial charge on any atom is -0.493 e. The van der Waals surface area contributed by atoms with Crippen LogP contribution >= 0.6 is 11.3 Å². The van der Waals surface area contributed by atoms with E-state index < -0.39 is 0 Å². The first-order valence-corrected chi connectivity index (χ1v) is 11.9. The number of rotatable bonds is 12. The zero-order chi connectivity index (χ0) is 23.6. The van der Waals surface area contributed by atoms with Gasteiger partial charge in [-0.3, -0.25) is 0 Å². The molecule has 6 nitrogen and oxygen atoms in total. The highest BCUT2D eigenvalue weighted by atomic mass is 32.1. The Morgan fingerprint density at radius 2 is 1.61 bits per heavy atom. The van der Waals surface area contributed by atoms with Crippen LogP contribution in [0.3, 0.4) is 0 Å². The highest BCUT2D eigenvalue weighted by Gasteiger charge is 2.17. The van der Waals surface area contributed by atoms with Crippen LogP contribution in [0.1, 0.15) is 26.2 Å². The summed E-state index contributed by atoms with van der Waals surface area (Å²) in [6.45, 7) is 4.32. The quantitative estimate of drug-likeness (QED) is 0.310. The van der Waals surface area contributed by atoms with Crippen molar-refractivity contribution in [2.24, 2.45) is 4.99 Å². The molecular weight excluding hydrogens is 443 g/mol. The lowest BCUT2D eigenvalue weighted by Crippen LogP contribution is -2.17. The molecule has 0 saturated carbocycles. The molecule has 1 aromatic heterocycles. The Hall–Kier alpha value is -2.84. The van der Waals surface area contributed by atoms with E-state index in [1.54, 1.807) is 33.5 Å². The van der Waals surface area contributed by atoms with Crippen molar-refractivity contribution in [1.29, 1.82) is 0 Å². The molecule has 0 fully saturated rings. The molecule has 0 amide bonds. The Morgan fingerprint density at radius 1 is 0.939 bits per heavy atom. The summed E-state index contributed by atoms with van der Waals surface area (Å²) >= 11 is 1.53. The third-order valence-corrected chi connectivity index (χ3v) is 5.99. The van der Waals surface area contributed by atoms with Crippen molar-refractivity contribution in [3.8, 4) is 28.5 Å². The van der Waals surface area contributed by atoms with Crippen LogP contribution < -0.4 is 19.0 Å². The number of nitrogens with zero attached hydrogens (tertiary/aromatic N) is 2. The van der Waals surface area contributed by atoms with Gasteiger partial charge in [0.2, 0.25) is 5.75 Å². The van der Waals surface area contributed by atoms with E-state index in [2.05, 4.69) is 16.9 Å². The Labute approximate surface area is 198 Å². The number of hydrogen-bond donors (Lipinski definition) is 0. The average molecular weight is 475 g/mol. The Morgan fingerprint density at radius 3 is 2.21 bits per heavy atom. The van der Waals surface area contributed by atoms with Crippen LogP contribution in [-0.2, 0) is 11.3 Å². The number of thiazole rings is 1. The van der Waals surface area contributed by atoms with E-state index in [1.807, 2.05) is 12.1 Å². The molecule has 0 saturated heterocycles. The van der Waals surface area contributed by atoms with E-state index in [4.69, 9.17) is 23.9 Å². The zero-order valence-electron chi connectivity index (χ0n) is 19.6. The Balaban J connectivity index is 2.00. The second-order valence-corrected chi connectivity index (χ2v) is 8.21. The van der Waals surface area contributed by atoms with Crippen LogP contribution in [0, 0.1) is 5.82 Å². The van der Waals surface area contributed by atoms with Crippen LogP contribution in [0.25, 0.3) is 11.3 Å². The van der Waals surface area contributed by atoms with Crippen LogP contribution in [0.5, 0.6) is 17.2 Å². The normalized spacial score (nSPS) is 11.6. The van der Waals surface area contributed by atoms with Crippen molar-refractivity contribution < 1.29 is 23.3 Å². The average Bonchev–Trinajstić information content (AvgIpc) is 3.23. The van der Waals surface area contributed by atoms with Gasteiger partial charge in [-0.1, -0.05) is 13.3 Å². The molecule has 3 rings (SSSR count). The zero-order valence-corrected chi connectivity index (χ0v) is 20.4. The largest absolute Gasteiger partial charge is 0.493 e. The third-order valence-electron chi connectivity index (χ3n) is 5.12. The van der Waals surface area contributed by atoms with Crippen molar-refractivity contribution >= 4 is 17.0 Å². The minimum atomic E-state index is -0.282. The second-order valence-electron chi connectivity index (χ2n) is 7.38. The van der Waals surface area contributed by atoms with Crippen molar-refractivity contribution in [3.05, 3.63) is 52.4 Å². The molecule has 0 unspecified atom stereocenters. The molecule has 0 N–H and O–H groups in total. The fraction of sp³-hybridized carbons (Fsp3) is 0.400. The number of hydrogen-bond acceptors (Lipinski definition) is 6. The fourth-order valence-electron chi connectivity index (χ4n) is 3.39. The molecule has 0 atom stereocenters. The van der Waals surface area contributed by atoms with E-state index in [0.717, 1.165) is 48.5 Å². The van der Waals surface area contributed by atoms with Gasteiger partial charge in [-0.25, -0.2) is 9.38 Å². The molecule has 33 heavy (non-hydrogen) atoms. The van der Waals surface area contributed by atoms with Gasteiger partial charge in [-0.05, 0) is 49.2 Å². The molecule has 2 aromatic carbocycles. The molecule has 0 radical (unpaired) electrons. The minimum absolute atomic E-state index is 0.282. The number of ether oxygens (including phenoxy) is 4. The number of aromatic nitrogens is 1. The lowest BCUT2D eigenvalue weighted by Gasteiger charge is -2.15. The second kappa shape index (κ2) is 12.4. The molecule has 0 bridgehead atoms. The topological polar surface area (TPSA) is 54.2 Å². The highest BCUT2D eigenvalue weighted by Crippen LogP contribution is 2.41. The van der Waals surface area contributed by atoms with Crippen molar-refractivity contribution in [2.75, 3.05) is 34.5 Å². The first kappa shape index (κ1) is 24.8. The maximum Gasteiger partial charge on any atom is 0.203 e. The highest BCUT2D eigenvalue weighted by molar-refractivity contribution is 7.07. The summed E-state index contributed by atoms with van der Waals surface area (Å²) in [5, 5.41) is 2.06. The third kappa shape index (κ3) is 6.36. The van der Waals surface area contributed by atoms with E-state index >= 15 is 0 Å². The Kier molecular flexibility index (Phi) is 9.33. The van der Waals surface area contributed by atoms with Crippen LogP contribution in [-0.4, -0.2) is 39.1 Å². The monoisotopic (exact) mass is 474 g/mol. The van der Waals surface area contributed by atoms with Crippen molar-refractivity contribution in [2.45, 2.75) is 32.7 Å². The molecule has 8 heteroatoms. The van der Waals surface area contributed by atoms with E-state index in [0.29, 0.717) is 29.5 Å².